The zero-order chi connectivity index (χ0) is 22.5. The molecule has 6 heteroatoms. The second-order valence-corrected chi connectivity index (χ2v) is 8.21. The summed E-state index contributed by atoms with van der Waals surface area (Å²) in [6, 6.07) is 18.0. The Hall–Kier alpha value is -4.19. The van der Waals surface area contributed by atoms with Crippen LogP contribution >= 0.6 is 0 Å². The molecular weight excluding hydrogens is 421 g/mol. The molecule has 0 saturated carbocycles. The van der Waals surface area contributed by atoms with Gasteiger partial charge in [-0.2, -0.15) is 0 Å². The van der Waals surface area contributed by atoms with Crippen LogP contribution in [0.25, 0.3) is 33.3 Å². The fourth-order valence-electron chi connectivity index (χ4n) is 4.56. The number of nitrogens with one attached hydrogen (secondary N) is 1. The first-order chi connectivity index (χ1) is 16.1. The highest BCUT2D eigenvalue weighted by Crippen LogP contribution is 2.41. The van der Waals surface area contributed by atoms with Crippen molar-refractivity contribution in [2.75, 3.05) is 5.32 Å². The minimum absolute atomic E-state index is 0.308. The molecule has 3 aromatic carbocycles. The number of hydrogen-bond donors (Lipinski definition) is 1. The lowest BCUT2D eigenvalue weighted by atomic mass is 10.0. The number of amides is 1. The molecule has 2 heterocycles. The third-order valence-corrected chi connectivity index (χ3v) is 6.14. The largest absolute Gasteiger partial charge is 0.454 e. The molecule has 0 saturated heterocycles. The lowest BCUT2D eigenvalue weighted by molar-refractivity contribution is 0.102. The molecule has 1 aliphatic rings. The van der Waals surface area contributed by atoms with Gasteiger partial charge in [0.2, 0.25) is 0 Å². The highest BCUT2D eigenvalue weighted by atomic mass is 19.1. The number of halogens is 1. The zero-order valence-corrected chi connectivity index (χ0v) is 17.5. The van der Waals surface area contributed by atoms with E-state index in [1.807, 2.05) is 24.3 Å². The molecule has 2 aromatic heterocycles. The van der Waals surface area contributed by atoms with Gasteiger partial charge in [-0.15, -0.1) is 0 Å². The van der Waals surface area contributed by atoms with E-state index in [9.17, 15) is 14.0 Å². The van der Waals surface area contributed by atoms with Gasteiger partial charge in [0, 0.05) is 28.0 Å². The lowest BCUT2D eigenvalue weighted by Gasteiger charge is -2.10. The third-order valence-electron chi connectivity index (χ3n) is 6.14. The van der Waals surface area contributed by atoms with Crippen LogP contribution in [-0.2, 0) is 12.8 Å². The minimum atomic E-state index is -0.494. The Morgan fingerprint density at radius 2 is 1.61 bits per heavy atom. The summed E-state index contributed by atoms with van der Waals surface area (Å²) in [5, 5.41) is 4.37. The smallest absolute Gasteiger partial charge is 0.336 e. The summed E-state index contributed by atoms with van der Waals surface area (Å²) in [5.41, 5.74) is 4.31. The molecule has 1 N–H and O–H groups in total. The number of rotatable bonds is 3. The Balaban J connectivity index is 1.56. The second kappa shape index (κ2) is 7.45. The molecule has 33 heavy (non-hydrogen) atoms. The highest BCUT2D eigenvalue weighted by Gasteiger charge is 2.23. The number of carbonyl (C=O) groups is 1. The van der Waals surface area contributed by atoms with Crippen LogP contribution < -0.4 is 10.9 Å². The van der Waals surface area contributed by atoms with E-state index in [1.54, 1.807) is 6.07 Å². The molecule has 0 aliphatic heterocycles. The summed E-state index contributed by atoms with van der Waals surface area (Å²) in [4.78, 5) is 25.4. The molecule has 0 unspecified atom stereocenters. The molecule has 5 nitrogen and oxygen atoms in total. The van der Waals surface area contributed by atoms with Crippen molar-refractivity contribution in [3.05, 3.63) is 99.7 Å². The number of fused-ring (bicyclic) bond motifs is 3. The van der Waals surface area contributed by atoms with E-state index in [2.05, 4.69) is 11.4 Å². The van der Waals surface area contributed by atoms with E-state index in [4.69, 9.17) is 8.83 Å². The number of anilines is 1. The molecule has 1 amide bonds. The normalized spacial score (nSPS) is 12.9. The van der Waals surface area contributed by atoms with Gasteiger partial charge in [0.05, 0.1) is 5.69 Å². The van der Waals surface area contributed by atoms with Gasteiger partial charge in [0.25, 0.3) is 5.91 Å². The molecule has 0 fully saturated rings. The van der Waals surface area contributed by atoms with Crippen LogP contribution in [0.15, 0.2) is 80.4 Å². The van der Waals surface area contributed by atoms with Crippen LogP contribution in [0, 0.1) is 5.82 Å². The van der Waals surface area contributed by atoms with E-state index in [1.165, 1.54) is 41.5 Å². The van der Waals surface area contributed by atoms with Crippen molar-refractivity contribution >= 4 is 33.5 Å². The summed E-state index contributed by atoms with van der Waals surface area (Å²) in [6.07, 6.45) is 3.00. The molecule has 0 radical (unpaired) electrons. The Labute approximate surface area is 187 Å². The summed E-state index contributed by atoms with van der Waals surface area (Å²) in [5.74, 6) is -0.450. The lowest BCUT2D eigenvalue weighted by Crippen LogP contribution is -2.12. The van der Waals surface area contributed by atoms with Gasteiger partial charge >= 0.3 is 5.63 Å². The van der Waals surface area contributed by atoms with Crippen LogP contribution in [0.2, 0.25) is 0 Å². The monoisotopic (exact) mass is 439 g/mol. The number of aryl methyl sites for hydroxylation is 2. The summed E-state index contributed by atoms with van der Waals surface area (Å²) < 4.78 is 25.0. The van der Waals surface area contributed by atoms with Crippen LogP contribution in [0.5, 0.6) is 0 Å². The molecule has 6 rings (SSSR count). The minimum Gasteiger partial charge on any atom is -0.454 e. The SMILES string of the molecule is O=C(Nc1c(-c2cc(=O)oc3cc4c(cc23)CCC4)oc2ccccc12)c1ccc(F)cc1. The number of furan rings is 1. The first-order valence-corrected chi connectivity index (χ1v) is 10.8. The van der Waals surface area contributed by atoms with Gasteiger partial charge in [0.15, 0.2) is 5.76 Å². The van der Waals surface area contributed by atoms with Gasteiger partial charge in [-0.25, -0.2) is 9.18 Å². The van der Waals surface area contributed by atoms with Crippen LogP contribution in [0.4, 0.5) is 10.1 Å². The maximum absolute atomic E-state index is 13.3. The number of para-hydroxylation sites is 1. The maximum atomic E-state index is 13.3. The predicted molar refractivity (Wildman–Crippen MR) is 124 cm³/mol. The van der Waals surface area contributed by atoms with Gasteiger partial charge in [-0.05, 0) is 78.9 Å². The number of benzene rings is 3. The Bertz CT molecular complexity index is 1610. The highest BCUT2D eigenvalue weighted by molar-refractivity contribution is 6.13. The van der Waals surface area contributed by atoms with Crippen LogP contribution in [-0.4, -0.2) is 5.91 Å². The van der Waals surface area contributed by atoms with Crippen molar-refractivity contribution in [3.63, 3.8) is 0 Å². The average molecular weight is 439 g/mol. The quantitative estimate of drug-likeness (QED) is 0.346. The molecular formula is C27H18FNO4. The van der Waals surface area contributed by atoms with Crippen molar-refractivity contribution in [2.24, 2.45) is 0 Å². The summed E-state index contributed by atoms with van der Waals surface area (Å²) in [6.45, 7) is 0. The van der Waals surface area contributed by atoms with E-state index in [-0.39, 0.29) is 0 Å². The molecule has 0 atom stereocenters. The maximum Gasteiger partial charge on any atom is 0.336 e. The molecule has 0 bridgehead atoms. The van der Waals surface area contributed by atoms with Gasteiger partial charge in [-0.1, -0.05) is 12.1 Å². The van der Waals surface area contributed by atoms with Gasteiger partial charge in [-0.3, -0.25) is 4.79 Å². The molecule has 5 aromatic rings. The first-order valence-electron chi connectivity index (χ1n) is 10.8. The fourth-order valence-corrected chi connectivity index (χ4v) is 4.56. The molecule has 0 spiro atoms. The van der Waals surface area contributed by atoms with Gasteiger partial charge < -0.3 is 14.2 Å². The Kier molecular flexibility index (Phi) is 4.40. The Morgan fingerprint density at radius 1 is 0.848 bits per heavy atom. The molecule has 162 valence electrons. The summed E-state index contributed by atoms with van der Waals surface area (Å²) >= 11 is 0. The Morgan fingerprint density at radius 3 is 2.42 bits per heavy atom. The van der Waals surface area contributed by atoms with Crippen molar-refractivity contribution < 1.29 is 18.0 Å². The van der Waals surface area contributed by atoms with Crippen LogP contribution in [0.1, 0.15) is 27.9 Å². The number of hydrogen-bond acceptors (Lipinski definition) is 4. The number of carbonyl (C=O) groups excluding carboxylic acids is 1. The topological polar surface area (TPSA) is 72.5 Å². The van der Waals surface area contributed by atoms with E-state index in [0.29, 0.717) is 39.1 Å². The predicted octanol–water partition coefficient (Wildman–Crippen LogP) is 6.09. The third kappa shape index (κ3) is 3.31. The van der Waals surface area contributed by atoms with Gasteiger partial charge in [0.1, 0.15) is 17.0 Å². The zero-order valence-electron chi connectivity index (χ0n) is 17.5. The van der Waals surface area contributed by atoms with Crippen molar-refractivity contribution in [2.45, 2.75) is 19.3 Å². The standard InChI is InChI=1S/C27H18FNO4/c28-18-10-8-15(9-11-18)27(31)29-25-19-6-1-2-7-22(19)33-26(25)21-14-24(30)32-23-13-17-5-3-4-16(17)12-20(21)23/h1-2,6-14H,3-5H2,(H,29,31). The van der Waals surface area contributed by atoms with Crippen LogP contribution in [0.3, 0.4) is 0 Å². The van der Waals surface area contributed by atoms with E-state index in [0.717, 1.165) is 24.6 Å². The first kappa shape index (κ1) is 19.5. The van der Waals surface area contributed by atoms with Crippen molar-refractivity contribution in [1.82, 2.24) is 0 Å². The van der Waals surface area contributed by atoms with E-state index < -0.39 is 17.3 Å². The second-order valence-electron chi connectivity index (χ2n) is 8.21. The fraction of sp³-hybridized carbons (Fsp3) is 0.111. The summed E-state index contributed by atoms with van der Waals surface area (Å²) in [7, 11) is 0. The average Bonchev–Trinajstić information content (AvgIpc) is 3.42. The van der Waals surface area contributed by atoms with Crippen molar-refractivity contribution in [1.29, 1.82) is 0 Å². The van der Waals surface area contributed by atoms with E-state index >= 15 is 0 Å². The van der Waals surface area contributed by atoms with Crippen molar-refractivity contribution in [3.8, 4) is 11.3 Å². The molecule has 1 aliphatic carbocycles.